The number of amides is 2. The smallest absolute Gasteiger partial charge is 0.340 e. The van der Waals surface area contributed by atoms with Crippen molar-refractivity contribution in [2.75, 3.05) is 18.5 Å². The molecule has 0 fully saturated rings. The highest BCUT2D eigenvalue weighted by Gasteiger charge is 2.31. The molecule has 0 bridgehead atoms. The second-order valence-electron chi connectivity index (χ2n) is 5.78. The molecule has 0 radical (unpaired) electrons. The first-order chi connectivity index (χ1) is 14.0. The van der Waals surface area contributed by atoms with Gasteiger partial charge in [0.15, 0.2) is 0 Å². The number of ether oxygens (including phenoxy) is 2. The number of esters is 2. The molecule has 29 heavy (non-hydrogen) atoms. The van der Waals surface area contributed by atoms with Gasteiger partial charge in [0.2, 0.25) is 6.04 Å². The summed E-state index contributed by atoms with van der Waals surface area (Å²) < 4.78 is 9.88. The summed E-state index contributed by atoms with van der Waals surface area (Å²) in [6.07, 6.45) is 0. The number of carbonyl (C=O) groups excluding carboxylic acids is 4. The van der Waals surface area contributed by atoms with Gasteiger partial charge in [-0.25, -0.2) is 9.59 Å². The predicted octanol–water partition coefficient (Wildman–Crippen LogP) is 2.16. The van der Waals surface area contributed by atoms with Crippen molar-refractivity contribution < 1.29 is 28.7 Å². The molecule has 1 unspecified atom stereocenters. The van der Waals surface area contributed by atoms with E-state index in [2.05, 4.69) is 10.6 Å². The Kier molecular flexibility index (Phi) is 7.90. The van der Waals surface area contributed by atoms with Crippen molar-refractivity contribution in [2.24, 2.45) is 0 Å². The normalized spacial score (nSPS) is 11.1. The van der Waals surface area contributed by atoms with Crippen molar-refractivity contribution in [3.8, 4) is 0 Å². The Labute approximate surface area is 168 Å². The third-order valence-corrected chi connectivity index (χ3v) is 3.78. The van der Waals surface area contributed by atoms with Crippen LogP contribution in [0.5, 0.6) is 0 Å². The molecule has 0 aromatic heterocycles. The van der Waals surface area contributed by atoms with Gasteiger partial charge in [-0.1, -0.05) is 30.3 Å². The number of nitrogens with one attached hydrogen (secondary N) is 2. The summed E-state index contributed by atoms with van der Waals surface area (Å²) in [6, 6.07) is 12.7. The molecule has 2 N–H and O–H groups in total. The van der Waals surface area contributed by atoms with E-state index in [4.69, 9.17) is 9.47 Å². The van der Waals surface area contributed by atoms with E-state index in [9.17, 15) is 19.2 Å². The summed E-state index contributed by atoms with van der Waals surface area (Å²) in [5.41, 5.74) is 0.556. The third kappa shape index (κ3) is 5.90. The highest BCUT2D eigenvalue weighted by atomic mass is 16.5. The van der Waals surface area contributed by atoms with Crippen molar-refractivity contribution in [3.05, 3.63) is 65.7 Å². The first-order valence-corrected chi connectivity index (χ1v) is 9.07. The lowest BCUT2D eigenvalue weighted by Crippen LogP contribution is -2.50. The van der Waals surface area contributed by atoms with E-state index in [0.717, 1.165) is 0 Å². The molecule has 0 spiro atoms. The van der Waals surface area contributed by atoms with E-state index < -0.39 is 29.8 Å². The molecule has 152 valence electrons. The van der Waals surface area contributed by atoms with Gasteiger partial charge in [0.25, 0.3) is 11.8 Å². The lowest BCUT2D eigenvalue weighted by atomic mass is 10.1. The molecule has 0 heterocycles. The first-order valence-electron chi connectivity index (χ1n) is 9.07. The van der Waals surface area contributed by atoms with Crippen LogP contribution < -0.4 is 10.6 Å². The lowest BCUT2D eigenvalue weighted by molar-refractivity contribution is -0.147. The predicted molar refractivity (Wildman–Crippen MR) is 105 cm³/mol. The summed E-state index contributed by atoms with van der Waals surface area (Å²) in [4.78, 5) is 49.5. The molecular weight excluding hydrogens is 376 g/mol. The van der Waals surface area contributed by atoms with E-state index in [1.807, 2.05) is 0 Å². The maximum absolute atomic E-state index is 12.7. The van der Waals surface area contributed by atoms with Crippen molar-refractivity contribution in [3.63, 3.8) is 0 Å². The van der Waals surface area contributed by atoms with Crippen LogP contribution in [0.1, 0.15) is 34.6 Å². The largest absolute Gasteiger partial charge is 0.464 e. The van der Waals surface area contributed by atoms with Gasteiger partial charge in [-0.2, -0.15) is 0 Å². The van der Waals surface area contributed by atoms with E-state index in [-0.39, 0.29) is 30.0 Å². The quantitative estimate of drug-likeness (QED) is 0.521. The van der Waals surface area contributed by atoms with Gasteiger partial charge in [-0.3, -0.25) is 9.59 Å². The molecule has 0 aliphatic carbocycles. The highest BCUT2D eigenvalue weighted by Crippen LogP contribution is 2.17. The minimum atomic E-state index is -1.60. The molecule has 0 saturated heterocycles. The van der Waals surface area contributed by atoms with Crippen molar-refractivity contribution in [2.45, 2.75) is 19.9 Å². The topological polar surface area (TPSA) is 111 Å². The molecule has 2 amide bonds. The van der Waals surface area contributed by atoms with E-state index in [0.29, 0.717) is 0 Å². The third-order valence-electron chi connectivity index (χ3n) is 3.78. The molecule has 0 aliphatic rings. The van der Waals surface area contributed by atoms with E-state index in [1.165, 1.54) is 12.1 Å². The average molecular weight is 398 g/mol. The van der Waals surface area contributed by atoms with Gasteiger partial charge in [0.1, 0.15) is 0 Å². The number of para-hydroxylation sites is 1. The zero-order chi connectivity index (χ0) is 21.2. The number of hydrogen-bond donors (Lipinski definition) is 2. The zero-order valence-corrected chi connectivity index (χ0v) is 16.1. The molecule has 1 atom stereocenters. The highest BCUT2D eigenvalue weighted by molar-refractivity contribution is 6.13. The van der Waals surface area contributed by atoms with Gasteiger partial charge in [-0.05, 0) is 38.1 Å². The Morgan fingerprint density at radius 2 is 1.48 bits per heavy atom. The summed E-state index contributed by atoms with van der Waals surface area (Å²) in [7, 11) is 0. The zero-order valence-electron chi connectivity index (χ0n) is 16.1. The number of carbonyl (C=O) groups is 4. The molecule has 0 aliphatic heterocycles. The summed E-state index contributed by atoms with van der Waals surface area (Å²) in [6.45, 7) is 3.44. The van der Waals surface area contributed by atoms with Crippen LogP contribution >= 0.6 is 0 Å². The fourth-order valence-electron chi connectivity index (χ4n) is 2.44. The van der Waals surface area contributed by atoms with Gasteiger partial charge in [0, 0.05) is 5.56 Å². The Morgan fingerprint density at radius 1 is 0.862 bits per heavy atom. The van der Waals surface area contributed by atoms with Crippen LogP contribution in [0.3, 0.4) is 0 Å². The van der Waals surface area contributed by atoms with Crippen LogP contribution in [0.4, 0.5) is 5.69 Å². The van der Waals surface area contributed by atoms with Gasteiger partial charge >= 0.3 is 11.9 Å². The van der Waals surface area contributed by atoms with Gasteiger partial charge in [-0.15, -0.1) is 0 Å². The van der Waals surface area contributed by atoms with Crippen molar-refractivity contribution in [1.82, 2.24) is 5.32 Å². The number of benzene rings is 2. The first kappa shape index (κ1) is 21.6. The van der Waals surface area contributed by atoms with Crippen molar-refractivity contribution in [1.29, 1.82) is 0 Å². The Hall–Kier alpha value is -3.68. The maximum Gasteiger partial charge on any atom is 0.340 e. The maximum atomic E-state index is 12.7. The van der Waals surface area contributed by atoms with Crippen LogP contribution in [-0.2, 0) is 19.1 Å². The van der Waals surface area contributed by atoms with Gasteiger partial charge < -0.3 is 20.1 Å². The molecule has 8 nitrogen and oxygen atoms in total. The summed E-state index contributed by atoms with van der Waals surface area (Å²) in [5, 5.41) is 4.86. The Balaban J connectivity index is 2.23. The minimum Gasteiger partial charge on any atom is -0.464 e. The average Bonchev–Trinajstić information content (AvgIpc) is 2.73. The molecule has 2 aromatic rings. The van der Waals surface area contributed by atoms with Crippen LogP contribution in [0.2, 0.25) is 0 Å². The van der Waals surface area contributed by atoms with Crippen LogP contribution in [-0.4, -0.2) is 43.0 Å². The second kappa shape index (κ2) is 10.6. The Bertz CT molecular complexity index is 882. The number of rotatable bonds is 8. The summed E-state index contributed by atoms with van der Waals surface area (Å²) in [5.74, 6) is -2.99. The number of anilines is 1. The standard InChI is InChI=1S/C21H22N2O6/c1-3-28-20(26)15-12-8-9-13-16(15)22-19(25)17(21(27)29-4-2)23-18(24)14-10-6-5-7-11-14/h5-13,17H,3-4H2,1-2H3,(H,22,25)(H,23,24). The molecule has 8 heteroatoms. The summed E-state index contributed by atoms with van der Waals surface area (Å²) >= 11 is 0. The monoisotopic (exact) mass is 398 g/mol. The molecule has 2 rings (SSSR count). The molecular formula is C21H22N2O6. The van der Waals surface area contributed by atoms with Gasteiger partial charge in [0.05, 0.1) is 24.5 Å². The SMILES string of the molecule is CCOC(=O)c1ccccc1NC(=O)C(NC(=O)c1ccccc1)C(=O)OCC. The van der Waals surface area contributed by atoms with E-state index in [1.54, 1.807) is 56.3 Å². The fraction of sp³-hybridized carbons (Fsp3) is 0.238. The lowest BCUT2D eigenvalue weighted by Gasteiger charge is -2.18. The molecule has 2 aromatic carbocycles. The van der Waals surface area contributed by atoms with Crippen LogP contribution in [0.15, 0.2) is 54.6 Å². The fourth-order valence-corrected chi connectivity index (χ4v) is 2.44. The van der Waals surface area contributed by atoms with Crippen LogP contribution in [0, 0.1) is 0 Å². The number of hydrogen-bond acceptors (Lipinski definition) is 6. The van der Waals surface area contributed by atoms with Crippen molar-refractivity contribution >= 4 is 29.4 Å². The van der Waals surface area contributed by atoms with E-state index >= 15 is 0 Å². The Morgan fingerprint density at radius 3 is 2.14 bits per heavy atom. The molecule has 0 saturated carbocycles. The second-order valence-corrected chi connectivity index (χ2v) is 5.78. The minimum absolute atomic E-state index is 0.0310. The van der Waals surface area contributed by atoms with Crippen LogP contribution in [0.25, 0.3) is 0 Å².